The summed E-state index contributed by atoms with van der Waals surface area (Å²) in [4.78, 5) is 20.5. The van der Waals surface area contributed by atoms with Crippen LogP contribution >= 0.6 is 22.9 Å². The van der Waals surface area contributed by atoms with Crippen LogP contribution in [0, 0.1) is 0 Å². The van der Waals surface area contributed by atoms with Gasteiger partial charge in [-0.05, 0) is 43.5 Å². The molecule has 0 unspecified atom stereocenters. The van der Waals surface area contributed by atoms with Gasteiger partial charge >= 0.3 is 0 Å². The van der Waals surface area contributed by atoms with E-state index in [-0.39, 0.29) is 5.56 Å². The SMILES string of the molecule is CCCN(Cc1ccc(Cl)cc1)Cc1cc(=O)n2nc(C3CCCCC3)sc2n1. The molecule has 1 fully saturated rings. The van der Waals surface area contributed by atoms with E-state index in [0.29, 0.717) is 12.5 Å². The molecule has 29 heavy (non-hydrogen) atoms. The summed E-state index contributed by atoms with van der Waals surface area (Å²) in [5.74, 6) is 0.486. The van der Waals surface area contributed by atoms with Gasteiger partial charge in [0.15, 0.2) is 0 Å². The molecule has 0 bridgehead atoms. The van der Waals surface area contributed by atoms with Crippen LogP contribution in [0.25, 0.3) is 4.96 Å². The fourth-order valence-electron chi connectivity index (χ4n) is 4.07. The maximum absolute atomic E-state index is 12.7. The molecule has 5 nitrogen and oxygen atoms in total. The van der Waals surface area contributed by atoms with E-state index >= 15 is 0 Å². The van der Waals surface area contributed by atoms with Gasteiger partial charge in [-0.15, -0.1) is 0 Å². The quantitative estimate of drug-likeness (QED) is 0.512. The van der Waals surface area contributed by atoms with Crippen molar-refractivity contribution in [3.8, 4) is 0 Å². The molecule has 2 aromatic heterocycles. The third-order valence-corrected chi connectivity index (χ3v) is 6.84. The van der Waals surface area contributed by atoms with Gasteiger partial charge in [0.05, 0.1) is 5.69 Å². The minimum absolute atomic E-state index is 0.0775. The number of benzene rings is 1. The Balaban J connectivity index is 1.55. The summed E-state index contributed by atoms with van der Waals surface area (Å²) in [6.45, 7) is 4.57. The Labute approximate surface area is 180 Å². The zero-order valence-electron chi connectivity index (χ0n) is 16.8. The summed E-state index contributed by atoms with van der Waals surface area (Å²) in [6.07, 6.45) is 7.21. The number of rotatable bonds is 7. The second-order valence-electron chi connectivity index (χ2n) is 7.89. The third-order valence-electron chi connectivity index (χ3n) is 5.51. The molecule has 0 saturated heterocycles. The molecular weight excluding hydrogens is 404 g/mol. The first-order chi connectivity index (χ1) is 14.1. The molecule has 0 aliphatic heterocycles. The van der Waals surface area contributed by atoms with E-state index in [1.807, 2.05) is 12.1 Å². The van der Waals surface area contributed by atoms with Gasteiger partial charge in [-0.2, -0.15) is 9.61 Å². The lowest BCUT2D eigenvalue weighted by atomic mass is 9.90. The van der Waals surface area contributed by atoms with E-state index in [0.717, 1.165) is 40.2 Å². The van der Waals surface area contributed by atoms with Crippen LogP contribution in [0.15, 0.2) is 35.1 Å². The first-order valence-corrected chi connectivity index (χ1v) is 11.7. The van der Waals surface area contributed by atoms with Crippen LogP contribution in [0.1, 0.15) is 67.6 Å². The lowest BCUT2D eigenvalue weighted by Crippen LogP contribution is -2.26. The molecule has 1 saturated carbocycles. The van der Waals surface area contributed by atoms with Crippen molar-refractivity contribution in [1.29, 1.82) is 0 Å². The van der Waals surface area contributed by atoms with Gasteiger partial charge in [-0.1, -0.05) is 61.3 Å². The van der Waals surface area contributed by atoms with Crippen LogP contribution in [0.2, 0.25) is 5.02 Å². The average molecular weight is 431 g/mol. The molecule has 4 rings (SSSR count). The fourth-order valence-corrected chi connectivity index (χ4v) is 5.29. The van der Waals surface area contributed by atoms with Gasteiger partial charge in [0.1, 0.15) is 5.01 Å². The minimum atomic E-state index is -0.0775. The smallest absolute Gasteiger partial charge is 0.275 e. The molecular formula is C22H27ClN4OS. The number of nitrogens with zero attached hydrogens (tertiary/aromatic N) is 4. The summed E-state index contributed by atoms with van der Waals surface area (Å²) >= 11 is 7.59. The number of aromatic nitrogens is 3. The van der Waals surface area contributed by atoms with Gasteiger partial charge in [0.2, 0.25) is 4.96 Å². The molecule has 0 atom stereocenters. The highest BCUT2D eigenvalue weighted by atomic mass is 35.5. The van der Waals surface area contributed by atoms with Gasteiger partial charge in [0.25, 0.3) is 5.56 Å². The molecule has 3 aromatic rings. The molecule has 154 valence electrons. The fraction of sp³-hybridized carbons (Fsp3) is 0.500. The molecule has 1 aliphatic carbocycles. The lowest BCUT2D eigenvalue weighted by Gasteiger charge is -2.21. The van der Waals surface area contributed by atoms with Crippen LogP contribution in [0.4, 0.5) is 0 Å². The van der Waals surface area contributed by atoms with Crippen LogP contribution in [0.3, 0.4) is 0 Å². The van der Waals surface area contributed by atoms with Crippen molar-refractivity contribution in [3.05, 3.63) is 62.0 Å². The normalized spacial score (nSPS) is 15.4. The summed E-state index contributed by atoms with van der Waals surface area (Å²) in [7, 11) is 0. The molecule has 1 aliphatic rings. The summed E-state index contributed by atoms with van der Waals surface area (Å²) in [5.41, 5.74) is 1.94. The van der Waals surface area contributed by atoms with Crippen molar-refractivity contribution in [2.24, 2.45) is 0 Å². The predicted molar refractivity (Wildman–Crippen MR) is 119 cm³/mol. The highest BCUT2D eigenvalue weighted by molar-refractivity contribution is 7.16. The highest BCUT2D eigenvalue weighted by Gasteiger charge is 2.21. The second-order valence-corrected chi connectivity index (χ2v) is 9.32. The molecule has 0 N–H and O–H groups in total. The van der Waals surface area contributed by atoms with Crippen LogP contribution in [-0.2, 0) is 13.1 Å². The number of hydrogen-bond acceptors (Lipinski definition) is 5. The summed E-state index contributed by atoms with van der Waals surface area (Å²) < 4.78 is 1.49. The van der Waals surface area contributed by atoms with E-state index in [2.05, 4.69) is 29.1 Å². The molecule has 1 aromatic carbocycles. The Morgan fingerprint density at radius 1 is 1.17 bits per heavy atom. The minimum Gasteiger partial charge on any atom is -0.293 e. The van der Waals surface area contributed by atoms with Gasteiger partial charge in [-0.25, -0.2) is 4.98 Å². The lowest BCUT2D eigenvalue weighted by molar-refractivity contribution is 0.254. The van der Waals surface area contributed by atoms with Gasteiger partial charge < -0.3 is 0 Å². The molecule has 0 spiro atoms. The maximum atomic E-state index is 12.7. The number of hydrogen-bond donors (Lipinski definition) is 0. The van der Waals surface area contributed by atoms with E-state index < -0.39 is 0 Å². The summed E-state index contributed by atoms with van der Waals surface area (Å²) in [6, 6.07) is 9.58. The van der Waals surface area contributed by atoms with E-state index in [9.17, 15) is 4.79 Å². The maximum Gasteiger partial charge on any atom is 0.275 e. The van der Waals surface area contributed by atoms with E-state index in [1.54, 1.807) is 17.4 Å². The van der Waals surface area contributed by atoms with E-state index in [1.165, 1.54) is 42.2 Å². The topological polar surface area (TPSA) is 50.5 Å². The highest BCUT2D eigenvalue weighted by Crippen LogP contribution is 2.34. The van der Waals surface area contributed by atoms with Crippen molar-refractivity contribution in [2.75, 3.05) is 6.54 Å². The van der Waals surface area contributed by atoms with Crippen molar-refractivity contribution in [3.63, 3.8) is 0 Å². The van der Waals surface area contributed by atoms with Crippen molar-refractivity contribution >= 4 is 27.9 Å². The van der Waals surface area contributed by atoms with Crippen molar-refractivity contribution in [1.82, 2.24) is 19.5 Å². The second kappa shape index (κ2) is 9.37. The molecule has 7 heteroatoms. The standard InChI is InChI=1S/C22H27ClN4OS/c1-2-12-26(14-16-8-10-18(23)11-9-16)15-19-13-20(28)27-22(24-19)29-21(25-27)17-6-4-3-5-7-17/h8-11,13,17H,2-7,12,14-15H2,1H3. The Bertz CT molecular complexity index is 1010. The molecule has 0 radical (unpaired) electrons. The Hall–Kier alpha value is -1.76. The number of fused-ring (bicyclic) bond motifs is 1. The summed E-state index contributed by atoms with van der Waals surface area (Å²) in [5, 5.41) is 6.42. The Morgan fingerprint density at radius 2 is 1.93 bits per heavy atom. The van der Waals surface area contributed by atoms with Crippen LogP contribution in [0.5, 0.6) is 0 Å². The largest absolute Gasteiger partial charge is 0.293 e. The first kappa shape index (κ1) is 20.5. The Morgan fingerprint density at radius 3 is 2.66 bits per heavy atom. The van der Waals surface area contributed by atoms with Gasteiger partial charge in [-0.3, -0.25) is 9.69 Å². The van der Waals surface area contributed by atoms with Crippen LogP contribution < -0.4 is 5.56 Å². The van der Waals surface area contributed by atoms with Crippen molar-refractivity contribution < 1.29 is 0 Å². The zero-order valence-corrected chi connectivity index (χ0v) is 18.4. The predicted octanol–water partition coefficient (Wildman–Crippen LogP) is 5.26. The first-order valence-electron chi connectivity index (χ1n) is 10.5. The molecule has 0 amide bonds. The Kier molecular flexibility index (Phi) is 6.63. The van der Waals surface area contributed by atoms with Gasteiger partial charge in [0, 0.05) is 30.1 Å². The van der Waals surface area contributed by atoms with Crippen molar-refractivity contribution in [2.45, 2.75) is 64.5 Å². The average Bonchev–Trinajstić information content (AvgIpc) is 3.15. The number of halogens is 1. The molecule has 2 heterocycles. The van der Waals surface area contributed by atoms with Crippen LogP contribution in [-0.4, -0.2) is 26.0 Å². The van der Waals surface area contributed by atoms with E-state index in [4.69, 9.17) is 16.6 Å². The zero-order chi connectivity index (χ0) is 20.2. The monoisotopic (exact) mass is 430 g/mol. The third kappa shape index (κ3) is 5.05.